The molecule has 250 valence electrons. The highest BCUT2D eigenvalue weighted by atomic mass is 14.9. The summed E-state index contributed by atoms with van der Waals surface area (Å²) in [6, 6.07) is 18.5. The van der Waals surface area contributed by atoms with Crippen molar-refractivity contribution < 1.29 is 0 Å². The van der Waals surface area contributed by atoms with Crippen LogP contribution in [0.1, 0.15) is 90.5 Å². The molecule has 0 aromatic heterocycles. The van der Waals surface area contributed by atoms with Gasteiger partial charge in [0.05, 0.1) is 0 Å². The molecule has 0 heterocycles. The Balaban J connectivity index is 1.50. The van der Waals surface area contributed by atoms with Crippen LogP contribution in [0.15, 0.2) is 149 Å². The Hall–Kier alpha value is -3.90. The normalized spacial score (nSPS) is 39.8. The van der Waals surface area contributed by atoms with Gasteiger partial charge in [-0.2, -0.15) is 0 Å². The maximum atomic E-state index is 2.81. The zero-order chi connectivity index (χ0) is 34.8. The van der Waals surface area contributed by atoms with Gasteiger partial charge in [-0.05, 0) is 72.4 Å². The Kier molecular flexibility index (Phi) is 6.65. The molecule has 0 N–H and O–H groups in total. The van der Waals surface area contributed by atoms with Crippen molar-refractivity contribution in [3.05, 3.63) is 172 Å². The third kappa shape index (κ3) is 3.52. The fourth-order valence-electron chi connectivity index (χ4n) is 12.5. The zero-order valence-corrected chi connectivity index (χ0v) is 31.5. The van der Waals surface area contributed by atoms with E-state index in [4.69, 9.17) is 0 Å². The summed E-state index contributed by atoms with van der Waals surface area (Å²) in [6.07, 6.45) is 31.4. The van der Waals surface area contributed by atoms with E-state index in [2.05, 4.69) is 191 Å². The van der Waals surface area contributed by atoms with E-state index in [0.29, 0.717) is 0 Å². The highest BCUT2D eigenvalue weighted by Gasteiger charge is 2.83. The topological polar surface area (TPSA) is 0 Å². The van der Waals surface area contributed by atoms with Gasteiger partial charge in [0.2, 0.25) is 0 Å². The van der Waals surface area contributed by atoms with Crippen LogP contribution in [0, 0.1) is 51.8 Å². The predicted octanol–water partition coefficient (Wildman–Crippen LogP) is 13.0. The Morgan fingerprint density at radius 3 is 1.51 bits per heavy atom. The fraction of sp³-hybridized carbons (Fsp3) is 0.388. The largest absolute Gasteiger partial charge is 0.0801 e. The first-order valence-electron chi connectivity index (χ1n) is 18.5. The number of hydrogen-bond donors (Lipinski definition) is 0. The molecule has 2 aromatic carbocycles. The van der Waals surface area contributed by atoms with Gasteiger partial charge in [-0.1, -0.05) is 192 Å². The van der Waals surface area contributed by atoms with Gasteiger partial charge in [-0.3, -0.25) is 0 Å². The lowest BCUT2D eigenvalue weighted by atomic mass is 9.23. The second-order valence-corrected chi connectivity index (χ2v) is 17.5. The van der Waals surface area contributed by atoms with E-state index in [-0.39, 0.29) is 37.9 Å². The lowest BCUT2D eigenvalue weighted by molar-refractivity contribution is -0.253. The number of rotatable bonds is 3. The van der Waals surface area contributed by atoms with Gasteiger partial charge in [-0.25, -0.2) is 0 Å². The summed E-state index contributed by atoms with van der Waals surface area (Å²) in [5, 5.41) is 0. The van der Waals surface area contributed by atoms with Gasteiger partial charge in [0, 0.05) is 32.5 Å². The lowest BCUT2D eigenvalue weighted by Gasteiger charge is -2.79. The highest BCUT2D eigenvalue weighted by Crippen LogP contribution is 2.88. The van der Waals surface area contributed by atoms with Crippen LogP contribution in [0.25, 0.3) is 5.57 Å². The number of hydrogen-bond acceptors (Lipinski definition) is 0. The molecular formula is C49H54. The third-order valence-electron chi connectivity index (χ3n) is 16.3. The SMILES string of the molecule is CC1=C(C2=CC=CC2)C(=C(c2ccc(C)cc2)c2ccc(C)cc2)CC2=CC3(C)C4(C)C=CC=CC4(C)C4(C)C=CC=CC4(C)C3(C)C21C. The van der Waals surface area contributed by atoms with Crippen LogP contribution in [0.2, 0.25) is 0 Å². The van der Waals surface area contributed by atoms with Gasteiger partial charge < -0.3 is 0 Å². The Bertz CT molecular complexity index is 2020. The predicted molar refractivity (Wildman–Crippen MR) is 209 cm³/mol. The molecule has 2 aromatic rings. The summed E-state index contributed by atoms with van der Waals surface area (Å²) in [7, 11) is 0. The first kappa shape index (κ1) is 32.3. The highest BCUT2D eigenvalue weighted by molar-refractivity contribution is 5.88. The van der Waals surface area contributed by atoms with Crippen LogP contribution in [0.4, 0.5) is 0 Å². The maximum Gasteiger partial charge on any atom is 0.0173 e. The second kappa shape index (κ2) is 10.1. The summed E-state index contributed by atoms with van der Waals surface area (Å²) in [6.45, 7) is 25.2. The molecule has 1 fully saturated rings. The van der Waals surface area contributed by atoms with Crippen LogP contribution in [0.5, 0.6) is 0 Å². The van der Waals surface area contributed by atoms with Crippen LogP contribution in [-0.2, 0) is 0 Å². The average Bonchev–Trinajstić information content (AvgIpc) is 3.67. The molecule has 0 aliphatic heterocycles. The van der Waals surface area contributed by atoms with E-state index >= 15 is 0 Å². The van der Waals surface area contributed by atoms with Crippen molar-refractivity contribution in [2.24, 2.45) is 37.9 Å². The molecule has 0 amide bonds. The summed E-state index contributed by atoms with van der Waals surface area (Å²) >= 11 is 0. The molecule has 8 rings (SSSR count). The smallest absolute Gasteiger partial charge is 0.0173 e. The van der Waals surface area contributed by atoms with Crippen molar-refractivity contribution in [2.75, 3.05) is 0 Å². The molecule has 6 aliphatic rings. The van der Waals surface area contributed by atoms with Crippen molar-refractivity contribution >= 4 is 5.57 Å². The molecule has 0 heteroatoms. The van der Waals surface area contributed by atoms with E-state index in [9.17, 15) is 0 Å². The molecule has 7 atom stereocenters. The standard InChI is InChI=1S/C49H54/c1-33-19-23-37(24-20-33)42(38-25-21-34(2)22-26-38)40-31-39-32-47(8)45(6)29-14-13-27-43(45,4)44(5)28-15-16-30-46(44,7)49(47,10)48(39,9)35(3)41(40)36-17-11-12-18-36/h11-17,19-30,32H,18,31H2,1-10H3. The summed E-state index contributed by atoms with van der Waals surface area (Å²) in [5.74, 6) is 0. The van der Waals surface area contributed by atoms with E-state index in [0.717, 1.165) is 12.8 Å². The molecule has 0 spiro atoms. The van der Waals surface area contributed by atoms with Crippen molar-refractivity contribution in [1.82, 2.24) is 0 Å². The molecular weight excluding hydrogens is 589 g/mol. The van der Waals surface area contributed by atoms with Gasteiger partial charge >= 0.3 is 0 Å². The Morgan fingerprint density at radius 1 is 0.551 bits per heavy atom. The summed E-state index contributed by atoms with van der Waals surface area (Å²) < 4.78 is 0. The van der Waals surface area contributed by atoms with Crippen LogP contribution in [-0.4, -0.2) is 0 Å². The maximum absolute atomic E-state index is 2.81. The summed E-state index contributed by atoms with van der Waals surface area (Å²) in [4.78, 5) is 0. The van der Waals surface area contributed by atoms with Crippen LogP contribution < -0.4 is 0 Å². The number of benzene rings is 2. The summed E-state index contributed by atoms with van der Waals surface area (Å²) in [5.41, 5.74) is 13.2. The lowest BCUT2D eigenvalue weighted by Crippen LogP contribution is -2.75. The number of aryl methyl sites for hydroxylation is 2. The van der Waals surface area contributed by atoms with Crippen molar-refractivity contribution in [3.8, 4) is 0 Å². The molecule has 49 heavy (non-hydrogen) atoms. The fourth-order valence-corrected chi connectivity index (χ4v) is 12.5. The Labute approximate surface area is 296 Å². The molecule has 7 unspecified atom stereocenters. The van der Waals surface area contributed by atoms with E-state index in [1.54, 1.807) is 5.57 Å². The molecule has 1 saturated carbocycles. The minimum absolute atomic E-state index is 0.0914. The minimum Gasteiger partial charge on any atom is -0.0801 e. The van der Waals surface area contributed by atoms with E-state index < -0.39 is 0 Å². The third-order valence-corrected chi connectivity index (χ3v) is 16.3. The van der Waals surface area contributed by atoms with Gasteiger partial charge in [0.1, 0.15) is 0 Å². The van der Waals surface area contributed by atoms with Crippen LogP contribution >= 0.6 is 0 Å². The zero-order valence-electron chi connectivity index (χ0n) is 31.5. The number of allylic oxidation sites excluding steroid dienone is 17. The molecule has 0 saturated heterocycles. The molecule has 0 radical (unpaired) electrons. The van der Waals surface area contributed by atoms with E-state index in [1.807, 2.05) is 0 Å². The molecule has 0 nitrogen and oxygen atoms in total. The molecule has 0 bridgehead atoms. The first-order valence-corrected chi connectivity index (χ1v) is 18.5. The Morgan fingerprint density at radius 2 is 1.02 bits per heavy atom. The van der Waals surface area contributed by atoms with Crippen molar-refractivity contribution in [3.63, 3.8) is 0 Å². The first-order chi connectivity index (χ1) is 23.1. The van der Waals surface area contributed by atoms with Crippen molar-refractivity contribution in [1.29, 1.82) is 0 Å². The van der Waals surface area contributed by atoms with Crippen molar-refractivity contribution in [2.45, 2.75) is 82.1 Å². The second-order valence-electron chi connectivity index (χ2n) is 17.5. The average molecular weight is 643 g/mol. The molecule has 6 aliphatic carbocycles. The van der Waals surface area contributed by atoms with Gasteiger partial charge in [-0.15, -0.1) is 0 Å². The quantitative estimate of drug-likeness (QED) is 0.292. The monoisotopic (exact) mass is 642 g/mol. The number of fused-ring (bicyclic) bond motifs is 8. The minimum atomic E-state index is -0.166. The van der Waals surface area contributed by atoms with E-state index in [1.165, 1.54) is 50.1 Å². The van der Waals surface area contributed by atoms with Gasteiger partial charge in [0.25, 0.3) is 0 Å². The van der Waals surface area contributed by atoms with Crippen LogP contribution in [0.3, 0.4) is 0 Å². The van der Waals surface area contributed by atoms with Gasteiger partial charge in [0.15, 0.2) is 0 Å².